The molecule has 0 radical (unpaired) electrons. The van der Waals surface area contributed by atoms with Crippen LogP contribution in [0.15, 0.2) is 35.9 Å². The molecule has 0 aliphatic heterocycles. The molecule has 80 valence electrons. The Balaban J connectivity index is 2.51. The molecule has 2 heteroatoms. The zero-order valence-electron chi connectivity index (χ0n) is 9.16. The lowest BCUT2D eigenvalue weighted by Gasteiger charge is -1.99. The van der Waals surface area contributed by atoms with E-state index < -0.39 is 0 Å². The number of allylic oxidation sites excluding steroid dienone is 2. The Hall–Kier alpha value is -1.57. The number of hydrogen-bond donors (Lipinski definition) is 1. The predicted octanol–water partition coefficient (Wildman–Crippen LogP) is 2.86. The van der Waals surface area contributed by atoms with E-state index in [0.29, 0.717) is 12.8 Å². The average Bonchev–Trinajstić information content (AvgIpc) is 2.19. The van der Waals surface area contributed by atoms with Crippen LogP contribution in [0.5, 0.6) is 5.75 Å². The molecule has 1 aromatic rings. The van der Waals surface area contributed by atoms with Crippen molar-refractivity contribution in [1.82, 2.24) is 0 Å². The number of benzene rings is 1. The Labute approximate surface area is 90.3 Å². The summed E-state index contributed by atoms with van der Waals surface area (Å²) in [6, 6.07) is 6.75. The second-order valence-electron chi connectivity index (χ2n) is 3.87. The van der Waals surface area contributed by atoms with Crippen molar-refractivity contribution in [2.75, 3.05) is 0 Å². The molecule has 0 saturated heterocycles. The molecule has 1 rings (SSSR count). The molecule has 0 heterocycles. The van der Waals surface area contributed by atoms with Crippen LogP contribution in [0.25, 0.3) is 0 Å². The molecule has 0 aromatic heterocycles. The molecular formula is C13H16O2. The van der Waals surface area contributed by atoms with Gasteiger partial charge in [-0.2, -0.15) is 0 Å². The SMILES string of the molecule is CC(C)=CCC(=O)Cc1ccc(O)cc1. The van der Waals surface area contributed by atoms with Gasteiger partial charge in [-0.15, -0.1) is 0 Å². The maximum atomic E-state index is 11.5. The minimum absolute atomic E-state index is 0.196. The van der Waals surface area contributed by atoms with Crippen molar-refractivity contribution in [2.45, 2.75) is 26.7 Å². The minimum atomic E-state index is 0.196. The highest BCUT2D eigenvalue weighted by Gasteiger charge is 2.01. The summed E-state index contributed by atoms with van der Waals surface area (Å²) >= 11 is 0. The van der Waals surface area contributed by atoms with Gasteiger partial charge in [-0.25, -0.2) is 0 Å². The van der Waals surface area contributed by atoms with Gasteiger partial charge < -0.3 is 5.11 Å². The topological polar surface area (TPSA) is 37.3 Å². The van der Waals surface area contributed by atoms with Gasteiger partial charge in [0.1, 0.15) is 11.5 Å². The summed E-state index contributed by atoms with van der Waals surface area (Å²) in [5, 5.41) is 9.07. The van der Waals surface area contributed by atoms with E-state index in [2.05, 4.69) is 0 Å². The van der Waals surface area contributed by atoms with Gasteiger partial charge in [0.25, 0.3) is 0 Å². The molecule has 0 aliphatic rings. The normalized spacial score (nSPS) is 9.73. The molecule has 0 bridgehead atoms. The van der Waals surface area contributed by atoms with Crippen LogP contribution >= 0.6 is 0 Å². The predicted molar refractivity (Wildman–Crippen MR) is 60.9 cm³/mol. The standard InChI is InChI=1S/C13H16O2/c1-10(2)3-6-13(15)9-11-4-7-12(14)8-5-11/h3-5,7-8,14H,6,9H2,1-2H3. The van der Waals surface area contributed by atoms with Gasteiger partial charge >= 0.3 is 0 Å². The second-order valence-corrected chi connectivity index (χ2v) is 3.87. The van der Waals surface area contributed by atoms with Crippen molar-refractivity contribution in [3.8, 4) is 5.75 Å². The van der Waals surface area contributed by atoms with Crippen LogP contribution in [0.3, 0.4) is 0 Å². The van der Waals surface area contributed by atoms with Gasteiger partial charge in [-0.3, -0.25) is 4.79 Å². The molecule has 0 fully saturated rings. The maximum absolute atomic E-state index is 11.5. The Bertz CT molecular complexity index is 357. The minimum Gasteiger partial charge on any atom is -0.508 e. The van der Waals surface area contributed by atoms with E-state index in [1.165, 1.54) is 0 Å². The molecule has 1 aromatic carbocycles. The van der Waals surface area contributed by atoms with Crippen LogP contribution in [0, 0.1) is 0 Å². The number of hydrogen-bond acceptors (Lipinski definition) is 2. The summed E-state index contributed by atoms with van der Waals surface area (Å²) in [6.45, 7) is 3.96. The number of phenols is 1. The van der Waals surface area contributed by atoms with Crippen LogP contribution in [0.4, 0.5) is 0 Å². The first-order valence-electron chi connectivity index (χ1n) is 5.01. The van der Waals surface area contributed by atoms with Crippen LogP contribution in [0.2, 0.25) is 0 Å². The Morgan fingerprint density at radius 3 is 2.40 bits per heavy atom. The van der Waals surface area contributed by atoms with Gasteiger partial charge in [0.15, 0.2) is 0 Å². The van der Waals surface area contributed by atoms with Crippen molar-refractivity contribution < 1.29 is 9.90 Å². The zero-order valence-corrected chi connectivity index (χ0v) is 9.16. The zero-order chi connectivity index (χ0) is 11.3. The third-order valence-electron chi connectivity index (χ3n) is 2.08. The van der Waals surface area contributed by atoms with E-state index in [1.54, 1.807) is 24.3 Å². The highest BCUT2D eigenvalue weighted by Crippen LogP contribution is 2.11. The number of rotatable bonds is 4. The van der Waals surface area contributed by atoms with Crippen LogP contribution in [-0.2, 0) is 11.2 Å². The Kier molecular flexibility index (Phi) is 4.10. The number of carbonyl (C=O) groups excluding carboxylic acids is 1. The van der Waals surface area contributed by atoms with E-state index in [9.17, 15) is 4.79 Å². The van der Waals surface area contributed by atoms with Gasteiger partial charge in [-0.05, 0) is 31.5 Å². The summed E-state index contributed by atoms with van der Waals surface area (Å²) in [6.07, 6.45) is 2.86. The molecule has 0 unspecified atom stereocenters. The van der Waals surface area contributed by atoms with Crippen molar-refractivity contribution in [3.63, 3.8) is 0 Å². The van der Waals surface area contributed by atoms with Crippen molar-refractivity contribution in [2.24, 2.45) is 0 Å². The third kappa shape index (κ3) is 4.45. The first kappa shape index (κ1) is 11.5. The fourth-order valence-electron chi connectivity index (χ4n) is 1.23. The summed E-state index contributed by atoms with van der Waals surface area (Å²) in [4.78, 5) is 11.5. The highest BCUT2D eigenvalue weighted by atomic mass is 16.3. The third-order valence-corrected chi connectivity index (χ3v) is 2.08. The van der Waals surface area contributed by atoms with Crippen LogP contribution in [-0.4, -0.2) is 10.9 Å². The van der Waals surface area contributed by atoms with Crippen LogP contribution in [0.1, 0.15) is 25.8 Å². The fourth-order valence-corrected chi connectivity index (χ4v) is 1.23. The lowest BCUT2D eigenvalue weighted by molar-refractivity contribution is -0.117. The monoisotopic (exact) mass is 204 g/mol. The van der Waals surface area contributed by atoms with E-state index in [0.717, 1.165) is 11.1 Å². The molecule has 0 aliphatic carbocycles. The van der Waals surface area contributed by atoms with Gasteiger partial charge in [0.05, 0.1) is 0 Å². The molecular weight excluding hydrogens is 188 g/mol. The van der Waals surface area contributed by atoms with Crippen molar-refractivity contribution >= 4 is 5.78 Å². The fraction of sp³-hybridized carbons (Fsp3) is 0.308. The van der Waals surface area contributed by atoms with Crippen molar-refractivity contribution in [3.05, 3.63) is 41.5 Å². The summed E-state index contributed by atoms with van der Waals surface area (Å²) in [5.41, 5.74) is 2.11. The largest absolute Gasteiger partial charge is 0.508 e. The highest BCUT2D eigenvalue weighted by molar-refractivity contribution is 5.82. The summed E-state index contributed by atoms with van der Waals surface area (Å²) in [5.74, 6) is 0.428. The first-order chi connectivity index (χ1) is 7.08. The molecule has 0 spiro atoms. The first-order valence-corrected chi connectivity index (χ1v) is 5.01. The second kappa shape index (κ2) is 5.35. The van der Waals surface area contributed by atoms with Gasteiger partial charge in [0.2, 0.25) is 0 Å². The Morgan fingerprint density at radius 1 is 1.27 bits per heavy atom. The molecule has 15 heavy (non-hydrogen) atoms. The summed E-state index contributed by atoms with van der Waals surface area (Å²) < 4.78 is 0. The van der Waals surface area contributed by atoms with Gasteiger partial charge in [-0.1, -0.05) is 23.8 Å². The lowest BCUT2D eigenvalue weighted by Crippen LogP contribution is -2.00. The van der Waals surface area contributed by atoms with E-state index in [4.69, 9.17) is 5.11 Å². The Morgan fingerprint density at radius 2 is 1.87 bits per heavy atom. The number of phenolic OH excluding ortho intramolecular Hbond substituents is 1. The number of Topliss-reactive ketones (excluding diaryl/α,β-unsaturated/α-hetero) is 1. The van der Waals surface area contributed by atoms with Crippen molar-refractivity contribution in [1.29, 1.82) is 0 Å². The average molecular weight is 204 g/mol. The molecule has 2 nitrogen and oxygen atoms in total. The smallest absolute Gasteiger partial charge is 0.141 e. The molecule has 0 atom stereocenters. The molecule has 1 N–H and O–H groups in total. The van der Waals surface area contributed by atoms with E-state index >= 15 is 0 Å². The van der Waals surface area contributed by atoms with E-state index in [-0.39, 0.29) is 11.5 Å². The van der Waals surface area contributed by atoms with E-state index in [1.807, 2.05) is 19.9 Å². The quantitative estimate of drug-likeness (QED) is 0.766. The molecule has 0 saturated carbocycles. The number of carbonyl (C=O) groups is 1. The summed E-state index contributed by atoms with van der Waals surface area (Å²) in [7, 11) is 0. The maximum Gasteiger partial charge on any atom is 0.141 e. The number of ketones is 1. The van der Waals surface area contributed by atoms with Crippen LogP contribution < -0.4 is 0 Å². The molecule has 0 amide bonds. The number of aromatic hydroxyl groups is 1. The van der Waals surface area contributed by atoms with Gasteiger partial charge in [0, 0.05) is 12.8 Å². The lowest BCUT2D eigenvalue weighted by atomic mass is 10.1.